The lowest BCUT2D eigenvalue weighted by molar-refractivity contribution is 0.0430. The summed E-state index contributed by atoms with van der Waals surface area (Å²) in [5.74, 6) is -0.610. The van der Waals surface area contributed by atoms with Crippen LogP contribution >= 0.6 is 0 Å². The van der Waals surface area contributed by atoms with Crippen molar-refractivity contribution in [3.05, 3.63) is 40.0 Å². The van der Waals surface area contributed by atoms with Gasteiger partial charge in [0.05, 0.1) is 18.4 Å². The second-order valence-corrected chi connectivity index (χ2v) is 4.63. The monoisotopic (exact) mass is 292 g/mol. The first-order valence-electron chi connectivity index (χ1n) is 6.30. The number of hydrogen-bond acceptors (Lipinski definition) is 6. The molecule has 7 heteroatoms. The average molecular weight is 292 g/mol. The number of methoxy groups -OCH3 is 1. The van der Waals surface area contributed by atoms with Gasteiger partial charge in [-0.05, 0) is 26.3 Å². The van der Waals surface area contributed by atoms with E-state index in [9.17, 15) is 9.59 Å². The van der Waals surface area contributed by atoms with E-state index in [2.05, 4.69) is 14.9 Å². The summed E-state index contributed by atoms with van der Waals surface area (Å²) in [6.07, 6.45) is 0. The van der Waals surface area contributed by atoms with Crippen molar-refractivity contribution in [1.82, 2.24) is 10.1 Å². The van der Waals surface area contributed by atoms with Crippen molar-refractivity contribution in [2.24, 2.45) is 0 Å². The molecule has 0 aromatic carbocycles. The normalized spacial score (nSPS) is 10.5. The minimum Gasteiger partial charge on any atom is -0.465 e. The molecule has 112 valence electrons. The Morgan fingerprint density at radius 1 is 1.29 bits per heavy atom. The molecule has 2 aromatic rings. The van der Waals surface area contributed by atoms with Crippen molar-refractivity contribution >= 4 is 11.9 Å². The maximum absolute atomic E-state index is 12.1. The van der Waals surface area contributed by atoms with Crippen LogP contribution in [0.15, 0.2) is 10.6 Å². The number of H-pyrrole nitrogens is 1. The first-order valence-corrected chi connectivity index (χ1v) is 6.30. The van der Waals surface area contributed by atoms with E-state index >= 15 is 0 Å². The minimum atomic E-state index is -0.570. The number of carbonyl (C=O) groups excluding carboxylic acids is 2. The van der Waals surface area contributed by atoms with Crippen LogP contribution in [0.2, 0.25) is 0 Å². The molecular formula is C14H16N2O5. The molecule has 0 amide bonds. The number of carbonyl (C=O) groups is 2. The highest BCUT2D eigenvalue weighted by atomic mass is 16.6. The van der Waals surface area contributed by atoms with Crippen molar-refractivity contribution in [1.29, 1.82) is 0 Å². The van der Waals surface area contributed by atoms with Gasteiger partial charge in [0, 0.05) is 11.8 Å². The summed E-state index contributed by atoms with van der Waals surface area (Å²) >= 11 is 0. The van der Waals surface area contributed by atoms with Crippen LogP contribution in [0.25, 0.3) is 0 Å². The Bertz CT molecular complexity index is 684. The topological polar surface area (TPSA) is 94.4 Å². The maximum atomic E-state index is 12.1. The van der Waals surface area contributed by atoms with Crippen LogP contribution in [-0.2, 0) is 16.1 Å². The number of aryl methyl sites for hydroxylation is 2. The molecule has 0 saturated heterocycles. The van der Waals surface area contributed by atoms with Crippen LogP contribution in [0.4, 0.5) is 0 Å². The summed E-state index contributed by atoms with van der Waals surface area (Å²) in [6.45, 7) is 5.10. The van der Waals surface area contributed by atoms with Gasteiger partial charge >= 0.3 is 11.9 Å². The van der Waals surface area contributed by atoms with E-state index in [1.165, 1.54) is 7.11 Å². The van der Waals surface area contributed by atoms with Gasteiger partial charge in [-0.1, -0.05) is 5.16 Å². The van der Waals surface area contributed by atoms with E-state index < -0.39 is 11.9 Å². The minimum absolute atomic E-state index is 0.0231. The van der Waals surface area contributed by atoms with Crippen molar-refractivity contribution in [3.8, 4) is 0 Å². The molecule has 2 rings (SSSR count). The van der Waals surface area contributed by atoms with Crippen LogP contribution in [0.5, 0.6) is 0 Å². The van der Waals surface area contributed by atoms with Crippen molar-refractivity contribution in [2.45, 2.75) is 27.4 Å². The van der Waals surface area contributed by atoms with Gasteiger partial charge in [-0.2, -0.15) is 0 Å². The lowest BCUT2D eigenvalue weighted by atomic mass is 10.1. The molecule has 0 spiro atoms. The third kappa shape index (κ3) is 2.96. The first-order chi connectivity index (χ1) is 9.93. The lowest BCUT2D eigenvalue weighted by Gasteiger charge is -2.02. The Kier molecular flexibility index (Phi) is 4.11. The summed E-state index contributed by atoms with van der Waals surface area (Å²) in [6, 6.07) is 1.68. The number of nitrogens with one attached hydrogen (secondary N) is 1. The highest BCUT2D eigenvalue weighted by Gasteiger charge is 2.23. The van der Waals surface area contributed by atoms with E-state index in [0.29, 0.717) is 28.3 Å². The predicted molar refractivity (Wildman–Crippen MR) is 72.0 cm³/mol. The molecule has 21 heavy (non-hydrogen) atoms. The lowest BCUT2D eigenvalue weighted by Crippen LogP contribution is -2.08. The third-order valence-electron chi connectivity index (χ3n) is 3.05. The van der Waals surface area contributed by atoms with E-state index in [4.69, 9.17) is 9.26 Å². The summed E-state index contributed by atoms with van der Waals surface area (Å²) in [7, 11) is 1.29. The summed E-state index contributed by atoms with van der Waals surface area (Å²) < 4.78 is 14.8. The molecular weight excluding hydrogens is 276 g/mol. The Morgan fingerprint density at radius 3 is 2.57 bits per heavy atom. The highest BCUT2D eigenvalue weighted by molar-refractivity contribution is 5.98. The Balaban J connectivity index is 2.14. The maximum Gasteiger partial charge on any atom is 0.355 e. The number of aromatic amines is 1. The van der Waals surface area contributed by atoms with Crippen LogP contribution in [0.1, 0.15) is 43.6 Å². The Morgan fingerprint density at radius 2 is 2.00 bits per heavy atom. The molecule has 0 saturated carbocycles. The van der Waals surface area contributed by atoms with E-state index in [1.54, 1.807) is 26.8 Å². The highest BCUT2D eigenvalue weighted by Crippen LogP contribution is 2.20. The molecule has 0 aliphatic rings. The number of rotatable bonds is 4. The smallest absolute Gasteiger partial charge is 0.355 e. The second-order valence-electron chi connectivity index (χ2n) is 4.63. The molecule has 0 bridgehead atoms. The van der Waals surface area contributed by atoms with Gasteiger partial charge in [0.2, 0.25) is 0 Å². The molecule has 2 aromatic heterocycles. The summed E-state index contributed by atoms with van der Waals surface area (Å²) in [5, 5.41) is 3.70. The quantitative estimate of drug-likeness (QED) is 0.867. The zero-order chi connectivity index (χ0) is 15.6. The fourth-order valence-corrected chi connectivity index (χ4v) is 2.06. The van der Waals surface area contributed by atoms with Crippen molar-refractivity contribution < 1.29 is 23.6 Å². The summed E-state index contributed by atoms with van der Waals surface area (Å²) in [4.78, 5) is 26.6. The molecule has 0 aliphatic carbocycles. The second kappa shape index (κ2) is 5.82. The zero-order valence-electron chi connectivity index (χ0n) is 12.3. The van der Waals surface area contributed by atoms with Gasteiger partial charge in [-0.25, -0.2) is 9.59 Å². The summed E-state index contributed by atoms with van der Waals surface area (Å²) in [5.41, 5.74) is 2.34. The fraction of sp³-hybridized carbons (Fsp3) is 0.357. The molecule has 0 radical (unpaired) electrons. The van der Waals surface area contributed by atoms with Crippen molar-refractivity contribution in [2.75, 3.05) is 7.11 Å². The molecule has 2 heterocycles. The first kappa shape index (κ1) is 14.8. The van der Waals surface area contributed by atoms with Crippen LogP contribution in [-0.4, -0.2) is 29.2 Å². The Hall–Kier alpha value is -2.57. The molecule has 0 fully saturated rings. The average Bonchev–Trinajstić information content (AvgIpc) is 2.99. The third-order valence-corrected chi connectivity index (χ3v) is 3.05. The largest absolute Gasteiger partial charge is 0.465 e. The predicted octanol–water partition coefficient (Wildman–Crippen LogP) is 2.07. The van der Waals surface area contributed by atoms with Crippen LogP contribution in [0.3, 0.4) is 0 Å². The number of aromatic nitrogens is 2. The van der Waals surface area contributed by atoms with Gasteiger partial charge < -0.3 is 19.0 Å². The van der Waals surface area contributed by atoms with E-state index in [0.717, 1.165) is 0 Å². The number of ether oxygens (including phenoxy) is 2. The molecule has 0 aliphatic heterocycles. The standard InChI is InChI=1S/C14H16N2O5/c1-7-5-10(21-16-7)6-20-14(18)12-8(2)11(9(3)15-12)13(17)19-4/h5,15H,6H2,1-4H3. The van der Waals surface area contributed by atoms with Gasteiger partial charge in [0.15, 0.2) is 12.4 Å². The van der Waals surface area contributed by atoms with Gasteiger partial charge in [0.25, 0.3) is 0 Å². The van der Waals surface area contributed by atoms with E-state index in [-0.39, 0.29) is 12.3 Å². The molecule has 0 atom stereocenters. The fourth-order valence-electron chi connectivity index (χ4n) is 2.06. The van der Waals surface area contributed by atoms with Crippen LogP contribution < -0.4 is 0 Å². The number of nitrogens with zero attached hydrogens (tertiary/aromatic N) is 1. The van der Waals surface area contributed by atoms with Gasteiger partial charge in [0.1, 0.15) is 5.69 Å². The molecule has 7 nitrogen and oxygen atoms in total. The van der Waals surface area contributed by atoms with Crippen LogP contribution in [0, 0.1) is 20.8 Å². The van der Waals surface area contributed by atoms with Gasteiger partial charge in [-0.15, -0.1) is 0 Å². The molecule has 1 N–H and O–H groups in total. The number of hydrogen-bond donors (Lipinski definition) is 1. The van der Waals surface area contributed by atoms with E-state index in [1.807, 2.05) is 0 Å². The number of esters is 2. The molecule has 0 unspecified atom stereocenters. The van der Waals surface area contributed by atoms with Gasteiger partial charge in [-0.3, -0.25) is 0 Å². The zero-order valence-corrected chi connectivity index (χ0v) is 12.3. The SMILES string of the molecule is COC(=O)c1c(C)[nH]c(C(=O)OCc2cc(C)no2)c1C. The van der Waals surface area contributed by atoms with Crippen molar-refractivity contribution in [3.63, 3.8) is 0 Å². The Labute approximate surface area is 121 Å².